The molecule has 0 radical (unpaired) electrons. The van der Waals surface area contributed by atoms with Crippen molar-refractivity contribution >= 4 is 68.1 Å². The molecule has 25 heteroatoms. The Bertz CT molecular complexity index is 4590. The molecule has 12 rings (SSSR count). The van der Waals surface area contributed by atoms with Gasteiger partial charge in [0.2, 0.25) is 17.2 Å². The molecule has 0 N–H and O–H groups in total. The summed E-state index contributed by atoms with van der Waals surface area (Å²) in [5.41, 5.74) is 0.870. The van der Waals surface area contributed by atoms with Gasteiger partial charge in [-0.1, -0.05) is 72.8 Å². The number of nitriles is 1. The predicted molar refractivity (Wildman–Crippen MR) is 381 cm³/mol. The lowest BCUT2D eigenvalue weighted by molar-refractivity contribution is 0.0973. The topological polar surface area (TPSA) is 297 Å². The lowest BCUT2D eigenvalue weighted by Gasteiger charge is -2.23. The summed E-state index contributed by atoms with van der Waals surface area (Å²) in [5, 5.41) is 9.26. The first-order valence-electron chi connectivity index (χ1n) is 31.0. The van der Waals surface area contributed by atoms with Crippen LogP contribution in [0.15, 0.2) is 228 Å². The molecule has 0 spiro atoms. The van der Waals surface area contributed by atoms with Crippen LogP contribution in [-0.4, -0.2) is 96.7 Å². The summed E-state index contributed by atoms with van der Waals surface area (Å²) < 4.78 is 64.8. The smallest absolute Gasteiger partial charge is 0.349 e. The quantitative estimate of drug-likeness (QED) is 0.0604. The van der Waals surface area contributed by atoms with Crippen molar-refractivity contribution in [2.45, 2.75) is 26.6 Å². The number of para-hydroxylation sites is 3. The minimum Gasteiger partial charge on any atom is -0.493 e. The molecule has 6 aromatic carbocycles. The molecular formula is C77H69N7O18. The third kappa shape index (κ3) is 16.9. The average Bonchev–Trinajstić information content (AvgIpc) is 0.801. The molecule has 12 aromatic rings. The number of carbonyl (C=O) groups is 3. The summed E-state index contributed by atoms with van der Waals surface area (Å²) in [4.78, 5) is 95.9. The van der Waals surface area contributed by atoms with Crippen molar-refractivity contribution in [2.75, 3.05) is 78.7 Å². The second-order valence-corrected chi connectivity index (χ2v) is 21.5. The first-order valence-corrected chi connectivity index (χ1v) is 31.0. The molecule has 0 aliphatic carbocycles. The van der Waals surface area contributed by atoms with Crippen LogP contribution in [-0.2, 0) is 19.6 Å². The number of ether oxygens (including phenoxy) is 9. The van der Waals surface area contributed by atoms with Gasteiger partial charge in [-0.15, -0.1) is 0 Å². The predicted octanol–water partition coefficient (Wildman–Crippen LogP) is 12.7. The van der Waals surface area contributed by atoms with Gasteiger partial charge < -0.3 is 55.9 Å². The first-order chi connectivity index (χ1) is 49.6. The van der Waals surface area contributed by atoms with Crippen molar-refractivity contribution in [1.82, 2.24) is 15.0 Å². The molecule has 0 atom stereocenters. The highest BCUT2D eigenvalue weighted by molar-refractivity contribution is 6.08. The molecule has 6 aromatic heterocycles. The minimum absolute atomic E-state index is 0.0909. The summed E-state index contributed by atoms with van der Waals surface area (Å²) >= 11 is 0. The van der Waals surface area contributed by atoms with E-state index in [1.54, 1.807) is 170 Å². The van der Waals surface area contributed by atoms with Crippen LogP contribution in [0.1, 0.15) is 54.7 Å². The third-order valence-corrected chi connectivity index (χ3v) is 15.3. The number of carbonyl (C=O) groups excluding carboxylic acids is 3. The minimum atomic E-state index is -0.718. The highest BCUT2D eigenvalue weighted by Crippen LogP contribution is 2.42. The Balaban J connectivity index is 0.000000174. The number of hydrogen-bond donors (Lipinski definition) is 0. The van der Waals surface area contributed by atoms with Crippen molar-refractivity contribution in [2.24, 2.45) is 0 Å². The fourth-order valence-corrected chi connectivity index (χ4v) is 10.6. The van der Waals surface area contributed by atoms with Gasteiger partial charge in [0.15, 0.2) is 34.5 Å². The highest BCUT2D eigenvalue weighted by atomic mass is 16.5. The van der Waals surface area contributed by atoms with Gasteiger partial charge in [0.25, 0.3) is 17.7 Å². The molecule has 3 amide bonds. The maximum atomic E-state index is 13.6. The Morgan fingerprint density at radius 3 is 0.784 bits per heavy atom. The van der Waals surface area contributed by atoms with Crippen molar-refractivity contribution in [3.8, 4) is 57.8 Å². The van der Waals surface area contributed by atoms with E-state index in [0.29, 0.717) is 119 Å². The monoisotopic (exact) mass is 1380 g/mol. The Morgan fingerprint density at radius 1 is 0.353 bits per heavy atom. The average molecular weight is 1380 g/mol. The van der Waals surface area contributed by atoms with Gasteiger partial charge in [-0.3, -0.25) is 29.1 Å². The SMILES string of the molecule is CC#N.COc1cc(CN(C(=O)c2cc3ccccc3oc2=O)c2ccccn2)cc(OC)c1OC.COc1cc(CN(C(=O)c2cc3ccccc3oc2=O)c2ccccn2)cc(OC)c1OC.COc1cc(CN(C(=O)c2cc3ccccc3oc2=O)c2ccccn2)cc(OC)c1OC. The summed E-state index contributed by atoms with van der Waals surface area (Å²) in [5.74, 6) is 3.53. The fraction of sp³-hybridized carbons (Fsp3) is 0.169. The number of amides is 3. The van der Waals surface area contributed by atoms with Gasteiger partial charge in [-0.2, -0.15) is 5.26 Å². The largest absolute Gasteiger partial charge is 0.493 e. The van der Waals surface area contributed by atoms with Crippen molar-refractivity contribution in [3.05, 3.63) is 265 Å². The summed E-state index contributed by atoms with van der Waals surface area (Å²) in [6.07, 6.45) is 4.73. The lowest BCUT2D eigenvalue weighted by Crippen LogP contribution is -2.34. The van der Waals surface area contributed by atoms with Gasteiger partial charge in [0, 0.05) is 41.7 Å². The van der Waals surface area contributed by atoms with Gasteiger partial charge in [-0.05, 0) is 126 Å². The molecule has 0 aliphatic rings. The molecule has 6 heterocycles. The standard InChI is InChI=1S/3C25H22N2O6.C2H3N/c3*1-30-20-12-16(13-21(31-2)23(20)32-3)15-27(22-10-6-7-11-26-22)24(28)18-14-17-8-4-5-9-19(17)33-25(18)29;1-2-3/h3*4-14H,15H2,1-3H3;1H3. The third-order valence-electron chi connectivity index (χ3n) is 15.3. The van der Waals surface area contributed by atoms with E-state index >= 15 is 0 Å². The molecular weight excluding hydrogens is 1310 g/mol. The van der Waals surface area contributed by atoms with Crippen molar-refractivity contribution in [3.63, 3.8) is 0 Å². The van der Waals surface area contributed by atoms with Crippen LogP contribution >= 0.6 is 0 Å². The van der Waals surface area contributed by atoms with Crippen LogP contribution in [0.2, 0.25) is 0 Å². The van der Waals surface area contributed by atoms with Gasteiger partial charge in [-0.25, -0.2) is 29.3 Å². The Morgan fingerprint density at radius 2 is 0.578 bits per heavy atom. The van der Waals surface area contributed by atoms with Crippen LogP contribution in [0.25, 0.3) is 32.9 Å². The number of hydrogen-bond acceptors (Lipinski definition) is 22. The Kier molecular flexibility index (Phi) is 24.7. The fourth-order valence-electron chi connectivity index (χ4n) is 10.6. The zero-order valence-electron chi connectivity index (χ0n) is 57.2. The Labute approximate surface area is 584 Å². The Hall–Kier alpha value is -13.5. The van der Waals surface area contributed by atoms with Crippen molar-refractivity contribution in [1.29, 1.82) is 5.26 Å². The molecule has 0 unspecified atom stereocenters. The maximum Gasteiger partial charge on any atom is 0.349 e. The van der Waals surface area contributed by atoms with Gasteiger partial charge >= 0.3 is 16.9 Å². The number of aromatic nitrogens is 3. The molecule has 0 saturated carbocycles. The molecule has 102 heavy (non-hydrogen) atoms. The molecule has 0 fully saturated rings. The molecule has 0 aliphatic heterocycles. The van der Waals surface area contributed by atoms with E-state index in [1.165, 1.54) is 104 Å². The number of rotatable bonds is 21. The van der Waals surface area contributed by atoms with Crippen LogP contribution in [0.4, 0.5) is 17.5 Å². The van der Waals surface area contributed by atoms with Crippen LogP contribution in [0.5, 0.6) is 51.7 Å². The van der Waals surface area contributed by atoms with E-state index in [2.05, 4.69) is 15.0 Å². The summed E-state index contributed by atoms with van der Waals surface area (Å²) in [6, 6.07) is 53.5. The van der Waals surface area contributed by atoms with E-state index in [4.69, 9.17) is 61.1 Å². The zero-order chi connectivity index (χ0) is 72.8. The second kappa shape index (κ2) is 34.6. The second-order valence-electron chi connectivity index (χ2n) is 21.5. The van der Waals surface area contributed by atoms with E-state index < -0.39 is 34.6 Å². The molecule has 0 bridgehead atoms. The number of fused-ring (bicyclic) bond motifs is 3. The number of anilines is 3. The van der Waals surface area contributed by atoms with Crippen LogP contribution in [0.3, 0.4) is 0 Å². The van der Waals surface area contributed by atoms with E-state index in [-0.39, 0.29) is 36.3 Å². The molecule has 25 nitrogen and oxygen atoms in total. The van der Waals surface area contributed by atoms with Crippen LogP contribution < -0.4 is 74.2 Å². The first kappa shape index (κ1) is 72.8. The van der Waals surface area contributed by atoms with E-state index in [9.17, 15) is 28.8 Å². The van der Waals surface area contributed by atoms with Crippen molar-refractivity contribution < 1.29 is 70.3 Å². The summed E-state index contributed by atoms with van der Waals surface area (Å²) in [6.45, 7) is 1.72. The highest BCUT2D eigenvalue weighted by Gasteiger charge is 2.29. The molecule has 0 saturated heterocycles. The van der Waals surface area contributed by atoms with Crippen LogP contribution in [0, 0.1) is 11.3 Å². The van der Waals surface area contributed by atoms with E-state index in [0.717, 1.165) is 0 Å². The number of pyridine rings is 3. The maximum absolute atomic E-state index is 13.6. The lowest BCUT2D eigenvalue weighted by atomic mass is 10.1. The number of nitrogens with zero attached hydrogens (tertiary/aromatic N) is 7. The van der Waals surface area contributed by atoms with Gasteiger partial charge in [0.1, 0.15) is 50.9 Å². The number of benzene rings is 6. The summed E-state index contributed by atoms with van der Waals surface area (Å²) in [7, 11) is 13.7. The zero-order valence-corrected chi connectivity index (χ0v) is 57.2. The van der Waals surface area contributed by atoms with E-state index in [1.807, 2.05) is 18.2 Å². The van der Waals surface area contributed by atoms with Gasteiger partial charge in [0.05, 0.1) is 89.7 Å². The normalized spacial score (nSPS) is 10.4. The number of methoxy groups -OCH3 is 9. The molecule has 520 valence electrons.